The Bertz CT molecular complexity index is 486. The fraction of sp³-hybridized carbons (Fsp3) is 0.429. The van der Waals surface area contributed by atoms with Crippen molar-refractivity contribution in [1.82, 2.24) is 4.90 Å². The van der Waals surface area contributed by atoms with Crippen molar-refractivity contribution in [2.75, 3.05) is 19.0 Å². The number of rotatable bonds is 3. The Morgan fingerprint density at radius 3 is 2.70 bits per heavy atom. The second kappa shape index (κ2) is 6.27. The van der Waals surface area contributed by atoms with Gasteiger partial charge in [0, 0.05) is 12.2 Å². The van der Waals surface area contributed by atoms with Gasteiger partial charge in [-0.15, -0.1) is 0 Å². The number of piperidine rings is 1. The molecule has 6 nitrogen and oxygen atoms in total. The number of hydrogen-bond donors (Lipinski definition) is 3. The number of amidine groups is 1. The van der Waals surface area contributed by atoms with E-state index in [1.165, 1.54) is 0 Å². The van der Waals surface area contributed by atoms with Crippen molar-refractivity contribution in [2.45, 2.75) is 25.3 Å². The molecule has 20 heavy (non-hydrogen) atoms. The number of carbonyl (C=O) groups is 1. The van der Waals surface area contributed by atoms with Gasteiger partial charge >= 0.3 is 6.03 Å². The molecule has 1 aliphatic heterocycles. The molecule has 108 valence electrons. The SMILES string of the molecule is COc1ccc(NC(=O)N2CCCCC2C(=N)N)cc1. The first-order chi connectivity index (χ1) is 9.61. The molecule has 0 spiro atoms. The summed E-state index contributed by atoms with van der Waals surface area (Å²) in [6.45, 7) is 0.631. The zero-order valence-electron chi connectivity index (χ0n) is 11.6. The highest BCUT2D eigenvalue weighted by Crippen LogP contribution is 2.20. The second-order valence-corrected chi connectivity index (χ2v) is 4.82. The zero-order chi connectivity index (χ0) is 14.5. The van der Waals surface area contributed by atoms with Gasteiger partial charge in [-0.05, 0) is 43.5 Å². The molecule has 2 rings (SSSR count). The number of nitrogens with zero attached hydrogens (tertiary/aromatic N) is 1. The highest BCUT2D eigenvalue weighted by molar-refractivity contribution is 5.94. The number of benzene rings is 1. The molecule has 0 aliphatic carbocycles. The van der Waals surface area contributed by atoms with E-state index in [2.05, 4.69) is 5.32 Å². The van der Waals surface area contributed by atoms with Crippen LogP contribution in [-0.2, 0) is 0 Å². The molecule has 4 N–H and O–H groups in total. The van der Waals surface area contributed by atoms with Gasteiger partial charge in [-0.25, -0.2) is 4.79 Å². The van der Waals surface area contributed by atoms with Gasteiger partial charge in [0.25, 0.3) is 0 Å². The molecule has 1 fully saturated rings. The topological polar surface area (TPSA) is 91.4 Å². The van der Waals surface area contributed by atoms with Gasteiger partial charge in [-0.1, -0.05) is 0 Å². The van der Waals surface area contributed by atoms with Crippen LogP contribution in [0.15, 0.2) is 24.3 Å². The number of amides is 2. The lowest BCUT2D eigenvalue weighted by Crippen LogP contribution is -2.51. The summed E-state index contributed by atoms with van der Waals surface area (Å²) in [4.78, 5) is 13.9. The Balaban J connectivity index is 2.03. The minimum absolute atomic E-state index is 0.0505. The van der Waals surface area contributed by atoms with Gasteiger partial charge < -0.3 is 20.7 Å². The van der Waals surface area contributed by atoms with Crippen molar-refractivity contribution in [1.29, 1.82) is 5.41 Å². The van der Waals surface area contributed by atoms with Crippen LogP contribution in [0.1, 0.15) is 19.3 Å². The lowest BCUT2D eigenvalue weighted by atomic mass is 10.0. The van der Waals surface area contributed by atoms with Crippen LogP contribution in [0.5, 0.6) is 5.75 Å². The van der Waals surface area contributed by atoms with E-state index in [0.717, 1.165) is 25.0 Å². The number of urea groups is 1. The summed E-state index contributed by atoms with van der Waals surface area (Å²) in [6, 6.07) is 6.63. The quantitative estimate of drug-likeness (QED) is 0.582. The Morgan fingerprint density at radius 1 is 1.40 bits per heavy atom. The van der Waals surface area contributed by atoms with E-state index in [0.29, 0.717) is 12.2 Å². The van der Waals surface area contributed by atoms with Crippen LogP contribution >= 0.6 is 0 Å². The predicted molar refractivity (Wildman–Crippen MR) is 78.3 cm³/mol. The standard InChI is InChI=1S/C14H20N4O2/c1-20-11-7-5-10(6-8-11)17-14(19)18-9-3-2-4-12(18)13(15)16/h5-8,12H,2-4,9H2,1H3,(H3,15,16)(H,17,19). The molecule has 2 amide bonds. The molecule has 6 heteroatoms. The van der Waals surface area contributed by atoms with Crippen molar-refractivity contribution < 1.29 is 9.53 Å². The number of nitrogens with two attached hydrogens (primary N) is 1. The van der Waals surface area contributed by atoms with Crippen LogP contribution in [0.4, 0.5) is 10.5 Å². The molecule has 1 aliphatic rings. The number of ether oxygens (including phenoxy) is 1. The molecule has 1 atom stereocenters. The van der Waals surface area contributed by atoms with Crippen molar-refractivity contribution in [3.63, 3.8) is 0 Å². The molecule has 1 unspecified atom stereocenters. The van der Waals surface area contributed by atoms with Crippen LogP contribution in [0, 0.1) is 5.41 Å². The summed E-state index contributed by atoms with van der Waals surface area (Å²) < 4.78 is 5.07. The molecule has 1 saturated heterocycles. The first-order valence-electron chi connectivity index (χ1n) is 6.67. The first kappa shape index (κ1) is 14.2. The third-order valence-corrected chi connectivity index (χ3v) is 3.46. The number of methoxy groups -OCH3 is 1. The van der Waals surface area contributed by atoms with Crippen LogP contribution < -0.4 is 15.8 Å². The number of anilines is 1. The fourth-order valence-corrected chi connectivity index (χ4v) is 2.37. The maximum atomic E-state index is 12.3. The summed E-state index contributed by atoms with van der Waals surface area (Å²) in [5.74, 6) is 0.789. The Hall–Kier alpha value is -2.24. The van der Waals surface area contributed by atoms with Gasteiger partial charge in [0.15, 0.2) is 0 Å². The van der Waals surface area contributed by atoms with E-state index < -0.39 is 0 Å². The van der Waals surface area contributed by atoms with Gasteiger partial charge in [-0.2, -0.15) is 0 Å². The first-order valence-corrected chi connectivity index (χ1v) is 6.67. The van der Waals surface area contributed by atoms with Crippen molar-refractivity contribution in [3.8, 4) is 5.75 Å². The highest BCUT2D eigenvalue weighted by atomic mass is 16.5. The minimum atomic E-state index is -0.290. The van der Waals surface area contributed by atoms with Gasteiger partial charge in [-0.3, -0.25) is 5.41 Å². The number of carbonyl (C=O) groups excluding carboxylic acids is 1. The Morgan fingerprint density at radius 2 is 2.10 bits per heavy atom. The van der Waals surface area contributed by atoms with Crippen molar-refractivity contribution in [3.05, 3.63) is 24.3 Å². The molecule has 0 saturated carbocycles. The lowest BCUT2D eigenvalue weighted by molar-refractivity contribution is 0.185. The molecule has 0 bridgehead atoms. The fourth-order valence-electron chi connectivity index (χ4n) is 2.37. The Labute approximate surface area is 118 Å². The van der Waals surface area contributed by atoms with Crippen LogP contribution in [0.3, 0.4) is 0 Å². The monoisotopic (exact) mass is 276 g/mol. The predicted octanol–water partition coefficient (Wildman–Crippen LogP) is 2.02. The number of nitrogens with one attached hydrogen (secondary N) is 2. The zero-order valence-corrected chi connectivity index (χ0v) is 11.6. The third kappa shape index (κ3) is 3.20. The highest BCUT2D eigenvalue weighted by Gasteiger charge is 2.28. The maximum Gasteiger partial charge on any atom is 0.322 e. The molecule has 1 heterocycles. The summed E-state index contributed by atoms with van der Waals surface area (Å²) in [5.41, 5.74) is 6.27. The summed E-state index contributed by atoms with van der Waals surface area (Å²) in [5, 5.41) is 10.4. The Kier molecular flexibility index (Phi) is 4.45. The van der Waals surface area contributed by atoms with E-state index in [4.69, 9.17) is 15.9 Å². The lowest BCUT2D eigenvalue weighted by Gasteiger charge is -2.34. The second-order valence-electron chi connectivity index (χ2n) is 4.82. The average molecular weight is 276 g/mol. The van der Waals surface area contributed by atoms with Gasteiger partial charge in [0.1, 0.15) is 11.6 Å². The van der Waals surface area contributed by atoms with Crippen molar-refractivity contribution >= 4 is 17.6 Å². The van der Waals surface area contributed by atoms with E-state index in [9.17, 15) is 4.79 Å². The molecule has 0 radical (unpaired) electrons. The van der Waals surface area contributed by atoms with Gasteiger partial charge in [0.2, 0.25) is 0 Å². The number of likely N-dealkylation sites (tertiary alicyclic amines) is 1. The smallest absolute Gasteiger partial charge is 0.322 e. The normalized spacial score (nSPS) is 18.4. The number of hydrogen-bond acceptors (Lipinski definition) is 3. The largest absolute Gasteiger partial charge is 0.497 e. The van der Waals surface area contributed by atoms with E-state index in [-0.39, 0.29) is 17.9 Å². The van der Waals surface area contributed by atoms with E-state index in [1.54, 1.807) is 36.3 Å². The van der Waals surface area contributed by atoms with E-state index in [1.807, 2.05) is 0 Å². The average Bonchev–Trinajstić information content (AvgIpc) is 2.48. The van der Waals surface area contributed by atoms with Crippen LogP contribution in [0.2, 0.25) is 0 Å². The van der Waals surface area contributed by atoms with Crippen molar-refractivity contribution in [2.24, 2.45) is 5.73 Å². The van der Waals surface area contributed by atoms with E-state index >= 15 is 0 Å². The summed E-state index contributed by atoms with van der Waals surface area (Å²) in [7, 11) is 1.60. The molecule has 1 aromatic rings. The van der Waals surface area contributed by atoms with Crippen LogP contribution in [0.25, 0.3) is 0 Å². The molecular formula is C14H20N4O2. The van der Waals surface area contributed by atoms with Crippen LogP contribution in [-0.4, -0.2) is 36.5 Å². The molecule has 0 aromatic heterocycles. The molecular weight excluding hydrogens is 256 g/mol. The molecule has 1 aromatic carbocycles. The third-order valence-electron chi connectivity index (χ3n) is 3.46. The summed E-state index contributed by atoms with van der Waals surface area (Å²) >= 11 is 0. The summed E-state index contributed by atoms with van der Waals surface area (Å²) in [6.07, 6.45) is 2.70. The van der Waals surface area contributed by atoms with Gasteiger partial charge in [0.05, 0.1) is 13.2 Å². The maximum absolute atomic E-state index is 12.3. The minimum Gasteiger partial charge on any atom is -0.497 e.